The lowest BCUT2D eigenvalue weighted by atomic mass is 9.96. The van der Waals surface area contributed by atoms with Crippen LogP contribution in [-0.2, 0) is 28.6 Å². The first-order valence-corrected chi connectivity index (χ1v) is 13.2. The van der Waals surface area contributed by atoms with Crippen LogP contribution in [0.3, 0.4) is 0 Å². The van der Waals surface area contributed by atoms with Crippen LogP contribution in [0.1, 0.15) is 24.2 Å². The van der Waals surface area contributed by atoms with Crippen LogP contribution in [0.25, 0.3) is 22.3 Å². The van der Waals surface area contributed by atoms with Gasteiger partial charge in [0.25, 0.3) is 0 Å². The van der Waals surface area contributed by atoms with Gasteiger partial charge in [-0.25, -0.2) is 19.2 Å². The summed E-state index contributed by atoms with van der Waals surface area (Å²) in [6.45, 7) is 13.6. The van der Waals surface area contributed by atoms with Crippen molar-refractivity contribution in [2.75, 3.05) is 26.4 Å². The van der Waals surface area contributed by atoms with Gasteiger partial charge in [-0.2, -0.15) is 0 Å². The average molecular weight is 585 g/mol. The predicted octanol–water partition coefficient (Wildman–Crippen LogP) is 5.89. The maximum Gasteiger partial charge on any atom is 0.338 e. The Morgan fingerprint density at radius 3 is 1.67 bits per heavy atom. The minimum atomic E-state index is -0.613. The minimum absolute atomic E-state index is 0.0823. The second-order valence-electron chi connectivity index (χ2n) is 9.29. The lowest BCUT2D eigenvalue weighted by Gasteiger charge is -2.12. The summed E-state index contributed by atoms with van der Waals surface area (Å²) in [6.07, 6.45) is 1.02. The van der Waals surface area contributed by atoms with Crippen molar-refractivity contribution in [3.8, 4) is 33.8 Å². The smallest absolute Gasteiger partial charge is 0.338 e. The maximum atomic E-state index is 12.9. The van der Waals surface area contributed by atoms with E-state index in [0.717, 1.165) is 22.8 Å². The summed E-state index contributed by atoms with van der Waals surface area (Å²) in [6, 6.07) is 19.3. The van der Waals surface area contributed by atoms with Crippen molar-refractivity contribution >= 4 is 23.9 Å². The third-order valence-corrected chi connectivity index (χ3v) is 5.76. The van der Waals surface area contributed by atoms with E-state index < -0.39 is 23.9 Å². The van der Waals surface area contributed by atoms with E-state index in [1.165, 1.54) is 0 Å². The van der Waals surface area contributed by atoms with Gasteiger partial charge in [0.1, 0.15) is 37.9 Å². The van der Waals surface area contributed by atoms with Crippen LogP contribution in [0.2, 0.25) is 0 Å². The highest BCUT2D eigenvalue weighted by Gasteiger charge is 2.14. The topological polar surface area (TPSA) is 114 Å². The maximum absolute atomic E-state index is 12.9. The summed E-state index contributed by atoms with van der Waals surface area (Å²) in [5.41, 5.74) is 3.86. The van der Waals surface area contributed by atoms with Gasteiger partial charge in [0.2, 0.25) is 0 Å². The predicted molar refractivity (Wildman–Crippen MR) is 160 cm³/mol. The number of rotatable bonds is 14. The Balaban J connectivity index is 1.82. The molecule has 0 amide bonds. The van der Waals surface area contributed by atoms with Gasteiger partial charge in [-0.1, -0.05) is 44.0 Å². The summed E-state index contributed by atoms with van der Waals surface area (Å²) in [7, 11) is 0. The van der Waals surface area contributed by atoms with Gasteiger partial charge in [-0.05, 0) is 78.6 Å². The molecule has 3 aromatic rings. The van der Waals surface area contributed by atoms with Gasteiger partial charge in [0, 0.05) is 17.2 Å². The van der Waals surface area contributed by atoms with Crippen LogP contribution < -0.4 is 9.47 Å². The monoisotopic (exact) mass is 584 g/mol. The van der Waals surface area contributed by atoms with E-state index in [1.807, 2.05) is 18.2 Å². The van der Waals surface area contributed by atoms with Crippen LogP contribution in [0.15, 0.2) is 104 Å². The Kier molecular flexibility index (Phi) is 11.6. The molecule has 0 spiro atoms. The molecule has 43 heavy (non-hydrogen) atoms. The fraction of sp³-hybridized carbons (Fsp3) is 0.176. The van der Waals surface area contributed by atoms with Crippen molar-refractivity contribution < 1.29 is 42.9 Å². The number of hydrogen-bond donors (Lipinski definition) is 0. The van der Waals surface area contributed by atoms with Gasteiger partial charge in [0.05, 0.1) is 5.56 Å². The first-order valence-electron chi connectivity index (χ1n) is 13.2. The number of ether oxygens (including phenoxy) is 5. The Labute approximate surface area is 250 Å². The van der Waals surface area contributed by atoms with Crippen LogP contribution in [0.5, 0.6) is 11.5 Å². The number of carbonyl (C=O) groups is 4. The summed E-state index contributed by atoms with van der Waals surface area (Å²) >= 11 is 0. The second kappa shape index (κ2) is 15.5. The van der Waals surface area contributed by atoms with Crippen LogP contribution in [0.4, 0.5) is 0 Å². The van der Waals surface area contributed by atoms with Crippen LogP contribution in [-0.4, -0.2) is 50.3 Å². The van der Waals surface area contributed by atoms with Gasteiger partial charge in [-0.3, -0.25) is 0 Å². The van der Waals surface area contributed by atoms with E-state index in [2.05, 4.69) is 19.7 Å². The van der Waals surface area contributed by atoms with E-state index in [9.17, 15) is 19.2 Å². The molecule has 9 heteroatoms. The molecule has 3 aromatic carbocycles. The molecule has 0 unspecified atom stereocenters. The standard InChI is InChI=1S/C34H32O9/c1-6-31(35)40-16-18-42-34(38)28-20-26(24-7-11-29(12-8-24)39-15-17-41-32(36)22(2)3)19-27(21-28)25-9-13-30(14-10-25)43-33(37)23(4)5/h6-14,19-21H,1-2,4,15-18H2,3,5H3. The summed E-state index contributed by atoms with van der Waals surface area (Å²) in [5, 5.41) is 0. The van der Waals surface area contributed by atoms with Crippen molar-refractivity contribution in [2.45, 2.75) is 13.8 Å². The molecule has 0 heterocycles. The van der Waals surface area contributed by atoms with Crippen molar-refractivity contribution in [3.05, 3.63) is 109 Å². The molecule has 0 aliphatic heterocycles. The molecule has 0 bridgehead atoms. The SMILES string of the molecule is C=CC(=O)OCCOC(=O)c1cc(-c2ccc(OCCOC(=O)C(=C)C)cc2)cc(-c2ccc(OC(=O)C(=C)C)cc2)c1. The van der Waals surface area contributed by atoms with E-state index in [-0.39, 0.29) is 37.6 Å². The lowest BCUT2D eigenvalue weighted by Crippen LogP contribution is -2.13. The molecule has 222 valence electrons. The van der Waals surface area contributed by atoms with Crippen molar-refractivity contribution in [1.29, 1.82) is 0 Å². The zero-order valence-electron chi connectivity index (χ0n) is 24.1. The quantitative estimate of drug-likeness (QED) is 0.0753. The largest absolute Gasteiger partial charge is 0.490 e. The van der Waals surface area contributed by atoms with Gasteiger partial charge < -0.3 is 23.7 Å². The molecule has 0 radical (unpaired) electrons. The van der Waals surface area contributed by atoms with Gasteiger partial charge in [-0.15, -0.1) is 0 Å². The molecule has 3 rings (SSSR count). The third-order valence-electron chi connectivity index (χ3n) is 5.76. The van der Waals surface area contributed by atoms with Crippen LogP contribution >= 0.6 is 0 Å². The molecule has 0 N–H and O–H groups in total. The van der Waals surface area contributed by atoms with Crippen molar-refractivity contribution in [2.24, 2.45) is 0 Å². The second-order valence-corrected chi connectivity index (χ2v) is 9.29. The zero-order valence-corrected chi connectivity index (χ0v) is 24.1. The molecule has 0 fully saturated rings. The van der Waals surface area contributed by atoms with E-state index in [0.29, 0.717) is 22.6 Å². The average Bonchev–Trinajstić information content (AvgIpc) is 3.01. The van der Waals surface area contributed by atoms with E-state index in [4.69, 9.17) is 23.7 Å². The molecule has 0 aliphatic rings. The number of benzene rings is 3. The van der Waals surface area contributed by atoms with Gasteiger partial charge in [0.15, 0.2) is 0 Å². The number of hydrogen-bond acceptors (Lipinski definition) is 9. The highest BCUT2D eigenvalue weighted by atomic mass is 16.6. The molecule has 0 saturated carbocycles. The Morgan fingerprint density at radius 2 is 1.14 bits per heavy atom. The fourth-order valence-corrected chi connectivity index (χ4v) is 3.57. The lowest BCUT2D eigenvalue weighted by molar-refractivity contribution is -0.140. The molecule has 0 saturated heterocycles. The normalized spacial score (nSPS) is 10.2. The van der Waals surface area contributed by atoms with E-state index in [1.54, 1.807) is 62.4 Å². The van der Waals surface area contributed by atoms with Crippen molar-refractivity contribution in [3.63, 3.8) is 0 Å². The number of esters is 4. The fourth-order valence-electron chi connectivity index (χ4n) is 3.57. The van der Waals surface area contributed by atoms with Crippen LogP contribution in [0, 0.1) is 0 Å². The zero-order chi connectivity index (χ0) is 31.4. The van der Waals surface area contributed by atoms with E-state index >= 15 is 0 Å². The first kappa shape index (κ1) is 32.1. The molecule has 0 aliphatic carbocycles. The summed E-state index contributed by atoms with van der Waals surface area (Å²) in [5.74, 6) is -1.30. The molecule has 0 aromatic heterocycles. The highest BCUT2D eigenvalue weighted by molar-refractivity contribution is 5.94. The number of carbonyl (C=O) groups excluding carboxylic acids is 4. The van der Waals surface area contributed by atoms with Gasteiger partial charge >= 0.3 is 23.9 Å². The Morgan fingerprint density at radius 1 is 0.628 bits per heavy atom. The molecular formula is C34H32O9. The Bertz CT molecular complexity index is 1520. The highest BCUT2D eigenvalue weighted by Crippen LogP contribution is 2.31. The molecular weight excluding hydrogens is 552 g/mol. The minimum Gasteiger partial charge on any atom is -0.490 e. The van der Waals surface area contributed by atoms with Crippen molar-refractivity contribution in [1.82, 2.24) is 0 Å². The Hall–Kier alpha value is -5.44. The molecule has 0 atom stereocenters. The molecule has 9 nitrogen and oxygen atoms in total. The third kappa shape index (κ3) is 9.86. The summed E-state index contributed by atoms with van der Waals surface area (Å²) in [4.78, 5) is 47.6. The summed E-state index contributed by atoms with van der Waals surface area (Å²) < 4.78 is 26.1. The first-order chi connectivity index (χ1) is 20.6.